The van der Waals surface area contributed by atoms with Gasteiger partial charge in [0.15, 0.2) is 0 Å². The van der Waals surface area contributed by atoms with E-state index in [1.54, 1.807) is 11.3 Å². The maximum atomic E-state index is 12.8. The Morgan fingerprint density at radius 1 is 0.920 bits per heavy atom. The second kappa shape index (κ2) is 7.48. The number of aryl methyl sites for hydroxylation is 1. The van der Waals surface area contributed by atoms with Gasteiger partial charge in [0.2, 0.25) is 5.91 Å². The van der Waals surface area contributed by atoms with Crippen LogP contribution in [0.5, 0.6) is 0 Å². The molecule has 5 heteroatoms. The first-order valence-electron chi connectivity index (χ1n) is 9.92. The predicted octanol–water partition coefficient (Wildman–Crippen LogP) is 3.49. The molecule has 2 saturated heterocycles. The molecular formula is C20H28N2O2S. The lowest BCUT2D eigenvalue weighted by Crippen LogP contribution is -2.41. The van der Waals surface area contributed by atoms with Gasteiger partial charge in [0.05, 0.1) is 4.88 Å². The van der Waals surface area contributed by atoms with Gasteiger partial charge in [0.25, 0.3) is 5.91 Å². The first-order valence-corrected chi connectivity index (χ1v) is 10.7. The quantitative estimate of drug-likeness (QED) is 0.810. The van der Waals surface area contributed by atoms with Crippen molar-refractivity contribution in [1.82, 2.24) is 9.80 Å². The Bertz CT molecular complexity index is 642. The molecule has 2 fully saturated rings. The van der Waals surface area contributed by atoms with Crippen molar-refractivity contribution in [3.63, 3.8) is 0 Å². The van der Waals surface area contributed by atoms with Gasteiger partial charge >= 0.3 is 0 Å². The highest BCUT2D eigenvalue weighted by molar-refractivity contribution is 7.14. The fourth-order valence-corrected chi connectivity index (χ4v) is 5.64. The average molecular weight is 361 g/mol. The molecule has 0 bridgehead atoms. The molecule has 1 unspecified atom stereocenters. The van der Waals surface area contributed by atoms with Crippen LogP contribution < -0.4 is 0 Å². The van der Waals surface area contributed by atoms with Crippen molar-refractivity contribution in [2.45, 2.75) is 57.8 Å². The lowest BCUT2D eigenvalue weighted by Gasteiger charge is -2.31. The van der Waals surface area contributed by atoms with Crippen molar-refractivity contribution < 1.29 is 9.59 Å². The summed E-state index contributed by atoms with van der Waals surface area (Å²) in [4.78, 5) is 31.9. The Labute approximate surface area is 154 Å². The van der Waals surface area contributed by atoms with Crippen molar-refractivity contribution >= 4 is 23.2 Å². The third-order valence-electron chi connectivity index (χ3n) is 5.95. The van der Waals surface area contributed by atoms with Crippen molar-refractivity contribution in [1.29, 1.82) is 0 Å². The summed E-state index contributed by atoms with van der Waals surface area (Å²) in [6, 6.07) is 2.09. The third-order valence-corrected chi connectivity index (χ3v) is 7.18. The summed E-state index contributed by atoms with van der Waals surface area (Å²) in [6.07, 6.45) is 9.78. The molecule has 2 aliphatic heterocycles. The Morgan fingerprint density at radius 2 is 1.56 bits per heavy atom. The maximum absolute atomic E-state index is 12.8. The van der Waals surface area contributed by atoms with E-state index in [-0.39, 0.29) is 11.8 Å². The first-order chi connectivity index (χ1) is 12.2. The first kappa shape index (κ1) is 17.1. The molecule has 3 aliphatic rings. The van der Waals surface area contributed by atoms with E-state index in [1.807, 2.05) is 4.90 Å². The van der Waals surface area contributed by atoms with Crippen LogP contribution in [0.1, 0.15) is 65.1 Å². The molecule has 1 atom stereocenters. The number of nitrogens with zero attached hydrogens (tertiary/aromatic N) is 2. The van der Waals surface area contributed by atoms with Gasteiger partial charge in [-0.25, -0.2) is 0 Å². The zero-order valence-corrected chi connectivity index (χ0v) is 15.8. The van der Waals surface area contributed by atoms with Crippen molar-refractivity contribution in [3.8, 4) is 0 Å². The van der Waals surface area contributed by atoms with Crippen LogP contribution in [0.3, 0.4) is 0 Å². The van der Waals surface area contributed by atoms with Gasteiger partial charge in [-0.15, -0.1) is 11.3 Å². The van der Waals surface area contributed by atoms with Crippen molar-refractivity contribution in [3.05, 3.63) is 21.4 Å². The molecule has 0 aromatic carbocycles. The van der Waals surface area contributed by atoms with Crippen LogP contribution in [0.2, 0.25) is 0 Å². The van der Waals surface area contributed by atoms with Gasteiger partial charge in [-0.2, -0.15) is 0 Å². The number of carbonyl (C=O) groups excluding carboxylic acids is 2. The number of rotatable bonds is 2. The number of fused-ring (bicyclic) bond motifs is 1. The summed E-state index contributed by atoms with van der Waals surface area (Å²) in [6.45, 7) is 3.67. The smallest absolute Gasteiger partial charge is 0.263 e. The number of hydrogen-bond donors (Lipinski definition) is 0. The minimum absolute atomic E-state index is 0.123. The van der Waals surface area contributed by atoms with E-state index in [0.717, 1.165) is 76.0 Å². The lowest BCUT2D eigenvalue weighted by atomic mass is 9.87. The Morgan fingerprint density at radius 3 is 2.24 bits per heavy atom. The number of carbonyl (C=O) groups is 2. The molecule has 136 valence electrons. The van der Waals surface area contributed by atoms with Crippen LogP contribution in [-0.2, 0) is 17.6 Å². The SMILES string of the molecule is O=C(c1cc2c(s1)CCC(C(=O)N1CCCCC1)C2)N1CCCCC1. The lowest BCUT2D eigenvalue weighted by molar-refractivity contribution is -0.136. The van der Waals surface area contributed by atoms with Crippen LogP contribution in [0.15, 0.2) is 6.07 Å². The third kappa shape index (κ3) is 3.62. The highest BCUT2D eigenvalue weighted by Crippen LogP contribution is 2.34. The van der Waals surface area contributed by atoms with E-state index in [4.69, 9.17) is 0 Å². The molecular weight excluding hydrogens is 332 g/mol. The van der Waals surface area contributed by atoms with Crippen LogP contribution in [0.25, 0.3) is 0 Å². The summed E-state index contributed by atoms with van der Waals surface area (Å²) >= 11 is 1.67. The fraction of sp³-hybridized carbons (Fsp3) is 0.700. The van der Waals surface area contributed by atoms with Crippen molar-refractivity contribution in [2.75, 3.05) is 26.2 Å². The van der Waals surface area contributed by atoms with E-state index in [2.05, 4.69) is 11.0 Å². The second-order valence-electron chi connectivity index (χ2n) is 7.74. The zero-order valence-electron chi connectivity index (χ0n) is 15.0. The van der Waals surface area contributed by atoms with Crippen LogP contribution in [-0.4, -0.2) is 47.8 Å². The van der Waals surface area contributed by atoms with E-state index in [1.165, 1.54) is 23.3 Å². The molecule has 3 heterocycles. The molecule has 4 rings (SSSR count). The van der Waals surface area contributed by atoms with Crippen LogP contribution >= 0.6 is 11.3 Å². The largest absolute Gasteiger partial charge is 0.342 e. The fourth-order valence-electron chi connectivity index (χ4n) is 4.47. The summed E-state index contributed by atoms with van der Waals surface area (Å²) in [5.74, 6) is 0.677. The van der Waals surface area contributed by atoms with Crippen LogP contribution in [0, 0.1) is 5.92 Å². The Balaban J connectivity index is 1.43. The molecule has 1 aliphatic carbocycles. The Hall–Kier alpha value is -1.36. The van der Waals surface area contributed by atoms with Gasteiger partial charge in [-0.3, -0.25) is 9.59 Å². The molecule has 0 spiro atoms. The normalized spacial score (nSPS) is 24.1. The Kier molecular flexibility index (Phi) is 5.11. The summed E-state index contributed by atoms with van der Waals surface area (Å²) in [5.41, 5.74) is 1.26. The molecule has 0 saturated carbocycles. The monoisotopic (exact) mass is 360 g/mol. The van der Waals surface area contributed by atoms with E-state index in [9.17, 15) is 9.59 Å². The zero-order chi connectivity index (χ0) is 17.2. The van der Waals surface area contributed by atoms with Gasteiger partial charge in [-0.05, 0) is 69.4 Å². The number of likely N-dealkylation sites (tertiary alicyclic amines) is 2. The van der Waals surface area contributed by atoms with E-state index < -0.39 is 0 Å². The number of piperidine rings is 2. The molecule has 2 amide bonds. The number of thiophene rings is 1. The molecule has 1 aromatic heterocycles. The van der Waals surface area contributed by atoms with Gasteiger partial charge in [0, 0.05) is 37.0 Å². The minimum atomic E-state index is 0.123. The van der Waals surface area contributed by atoms with Gasteiger partial charge in [-0.1, -0.05) is 0 Å². The second-order valence-corrected chi connectivity index (χ2v) is 8.87. The predicted molar refractivity (Wildman–Crippen MR) is 100 cm³/mol. The average Bonchev–Trinajstić information content (AvgIpc) is 3.11. The van der Waals surface area contributed by atoms with Crippen LogP contribution in [0.4, 0.5) is 0 Å². The van der Waals surface area contributed by atoms with E-state index in [0.29, 0.717) is 5.91 Å². The van der Waals surface area contributed by atoms with Crippen molar-refractivity contribution in [2.24, 2.45) is 5.92 Å². The minimum Gasteiger partial charge on any atom is -0.342 e. The van der Waals surface area contributed by atoms with E-state index >= 15 is 0 Å². The molecule has 0 N–H and O–H groups in total. The molecule has 0 radical (unpaired) electrons. The molecule has 4 nitrogen and oxygen atoms in total. The molecule has 25 heavy (non-hydrogen) atoms. The summed E-state index contributed by atoms with van der Waals surface area (Å²) in [5, 5.41) is 0. The summed E-state index contributed by atoms with van der Waals surface area (Å²) in [7, 11) is 0. The number of amides is 2. The highest BCUT2D eigenvalue weighted by atomic mass is 32.1. The standard InChI is InChI=1S/C20H28N2O2S/c23-19(21-9-3-1-4-10-21)15-7-8-17-16(13-15)14-18(25-17)20(24)22-11-5-2-6-12-22/h14-15H,1-13H2. The summed E-state index contributed by atoms with van der Waals surface area (Å²) < 4.78 is 0. The molecule has 1 aromatic rings. The highest BCUT2D eigenvalue weighted by Gasteiger charge is 2.31. The van der Waals surface area contributed by atoms with Gasteiger partial charge in [0.1, 0.15) is 0 Å². The van der Waals surface area contributed by atoms with Gasteiger partial charge < -0.3 is 9.80 Å². The number of hydrogen-bond acceptors (Lipinski definition) is 3. The maximum Gasteiger partial charge on any atom is 0.263 e. The topological polar surface area (TPSA) is 40.6 Å².